The van der Waals surface area contributed by atoms with Gasteiger partial charge in [-0.1, -0.05) is 18.2 Å². The highest BCUT2D eigenvalue weighted by Gasteiger charge is 2.34. The predicted molar refractivity (Wildman–Crippen MR) is 82.4 cm³/mol. The molecule has 22 heavy (non-hydrogen) atoms. The number of allylic oxidation sites excluding steroid dienone is 1. The summed E-state index contributed by atoms with van der Waals surface area (Å²) in [7, 11) is 1.57. The van der Waals surface area contributed by atoms with Crippen molar-refractivity contribution in [3.05, 3.63) is 41.1 Å². The molecule has 5 heteroatoms. The van der Waals surface area contributed by atoms with Crippen molar-refractivity contribution in [2.45, 2.75) is 39.2 Å². The maximum Gasteiger partial charge on any atom is 0.336 e. The number of rotatable bonds is 4. The zero-order chi connectivity index (χ0) is 16.3. The third-order valence-electron chi connectivity index (χ3n) is 3.55. The molecule has 1 aliphatic rings. The second-order valence-electron chi connectivity index (χ2n) is 5.54. The van der Waals surface area contributed by atoms with Gasteiger partial charge in [0.1, 0.15) is 5.75 Å². The second-order valence-corrected chi connectivity index (χ2v) is 5.54. The number of carbonyl (C=O) groups is 2. The first-order valence-corrected chi connectivity index (χ1v) is 7.28. The number of para-hydroxylation sites is 1. The van der Waals surface area contributed by atoms with Gasteiger partial charge in [-0.2, -0.15) is 0 Å². The predicted octanol–water partition coefficient (Wildman–Crippen LogP) is 2.52. The Balaban J connectivity index is 2.48. The van der Waals surface area contributed by atoms with E-state index >= 15 is 0 Å². The molecule has 1 aromatic rings. The molecule has 0 saturated heterocycles. The molecule has 118 valence electrons. The summed E-state index contributed by atoms with van der Waals surface area (Å²) in [6.07, 6.45) is -0.0241. The van der Waals surface area contributed by atoms with Crippen LogP contribution < -0.4 is 10.1 Å². The Bertz CT molecular complexity index is 619. The number of methoxy groups -OCH3 is 1. The lowest BCUT2D eigenvalue weighted by Crippen LogP contribution is -2.34. The molecule has 0 aliphatic carbocycles. The third-order valence-corrected chi connectivity index (χ3v) is 3.55. The lowest BCUT2D eigenvalue weighted by Gasteiger charge is -2.28. The van der Waals surface area contributed by atoms with E-state index in [0.717, 1.165) is 5.56 Å². The first kappa shape index (κ1) is 16.1. The number of amides is 1. The van der Waals surface area contributed by atoms with Crippen LogP contribution in [-0.4, -0.2) is 25.1 Å². The molecule has 1 amide bonds. The van der Waals surface area contributed by atoms with Crippen molar-refractivity contribution < 1.29 is 19.1 Å². The van der Waals surface area contributed by atoms with Crippen LogP contribution in [-0.2, 0) is 14.3 Å². The van der Waals surface area contributed by atoms with Crippen LogP contribution in [0.2, 0.25) is 0 Å². The number of benzene rings is 1. The molecule has 1 aromatic carbocycles. The molecule has 1 aliphatic heterocycles. The Labute approximate surface area is 130 Å². The molecule has 5 nitrogen and oxygen atoms in total. The molecule has 0 spiro atoms. The number of esters is 1. The molecule has 1 N–H and O–H groups in total. The van der Waals surface area contributed by atoms with Crippen molar-refractivity contribution in [2.75, 3.05) is 7.11 Å². The van der Waals surface area contributed by atoms with Crippen LogP contribution in [0.1, 0.15) is 38.7 Å². The third kappa shape index (κ3) is 3.30. The van der Waals surface area contributed by atoms with Gasteiger partial charge in [-0.25, -0.2) is 4.79 Å². The molecular weight excluding hydrogens is 282 g/mol. The summed E-state index contributed by atoms with van der Waals surface area (Å²) in [5.41, 5.74) is 1.84. The van der Waals surface area contributed by atoms with E-state index in [9.17, 15) is 9.59 Å². The summed E-state index contributed by atoms with van der Waals surface area (Å²) in [4.78, 5) is 24.3. The van der Waals surface area contributed by atoms with Crippen LogP contribution in [0.4, 0.5) is 0 Å². The highest BCUT2D eigenvalue weighted by atomic mass is 16.5. The van der Waals surface area contributed by atoms with Crippen LogP contribution in [0.3, 0.4) is 0 Å². The highest BCUT2D eigenvalue weighted by Crippen LogP contribution is 2.38. The Hall–Kier alpha value is -2.30. The average Bonchev–Trinajstić information content (AvgIpc) is 2.45. The minimum absolute atomic E-state index is 0.116. The van der Waals surface area contributed by atoms with Gasteiger partial charge in [0.15, 0.2) is 0 Å². The van der Waals surface area contributed by atoms with E-state index in [4.69, 9.17) is 9.47 Å². The SMILES string of the molecule is COc1ccccc1[C@@H]1CC(=O)NC(C)=C1C(=O)OC(C)C. The molecule has 0 unspecified atom stereocenters. The minimum atomic E-state index is -0.400. The van der Waals surface area contributed by atoms with Gasteiger partial charge in [-0.05, 0) is 26.8 Å². The maximum atomic E-state index is 12.4. The lowest BCUT2D eigenvalue weighted by molar-refractivity contribution is -0.143. The number of hydrogen-bond donors (Lipinski definition) is 1. The van der Waals surface area contributed by atoms with Gasteiger partial charge in [0, 0.05) is 23.6 Å². The molecule has 0 aromatic heterocycles. The van der Waals surface area contributed by atoms with Crippen molar-refractivity contribution in [3.63, 3.8) is 0 Å². The van der Waals surface area contributed by atoms with Crippen LogP contribution >= 0.6 is 0 Å². The van der Waals surface area contributed by atoms with Crippen molar-refractivity contribution in [1.82, 2.24) is 5.32 Å². The lowest BCUT2D eigenvalue weighted by atomic mass is 9.84. The van der Waals surface area contributed by atoms with Gasteiger partial charge < -0.3 is 14.8 Å². The number of hydrogen-bond acceptors (Lipinski definition) is 4. The van der Waals surface area contributed by atoms with Crippen molar-refractivity contribution >= 4 is 11.9 Å². The van der Waals surface area contributed by atoms with E-state index in [1.807, 2.05) is 24.3 Å². The molecule has 2 rings (SSSR count). The van der Waals surface area contributed by atoms with E-state index < -0.39 is 5.97 Å². The summed E-state index contributed by atoms with van der Waals surface area (Å²) < 4.78 is 10.7. The maximum absolute atomic E-state index is 12.4. The van der Waals surface area contributed by atoms with Crippen molar-refractivity contribution in [1.29, 1.82) is 0 Å². The van der Waals surface area contributed by atoms with Crippen LogP contribution in [0.25, 0.3) is 0 Å². The summed E-state index contributed by atoms with van der Waals surface area (Å²) >= 11 is 0. The number of ether oxygens (including phenoxy) is 2. The number of nitrogens with one attached hydrogen (secondary N) is 1. The van der Waals surface area contributed by atoms with E-state index in [1.165, 1.54) is 0 Å². The van der Waals surface area contributed by atoms with Gasteiger partial charge in [-0.15, -0.1) is 0 Å². The van der Waals surface area contributed by atoms with Gasteiger partial charge in [0.05, 0.1) is 18.8 Å². The van der Waals surface area contributed by atoms with Crippen molar-refractivity contribution in [2.24, 2.45) is 0 Å². The summed E-state index contributed by atoms with van der Waals surface area (Å²) in [6, 6.07) is 7.42. The second kappa shape index (κ2) is 6.64. The summed E-state index contributed by atoms with van der Waals surface area (Å²) in [5, 5.41) is 2.72. The first-order chi connectivity index (χ1) is 10.4. The van der Waals surface area contributed by atoms with E-state index in [0.29, 0.717) is 17.0 Å². The standard InChI is InChI=1S/C17H21NO4/c1-10(2)22-17(20)16-11(3)18-15(19)9-13(16)12-7-5-6-8-14(12)21-4/h5-8,10,13H,9H2,1-4H3,(H,18,19)/t13-/m0/s1. The first-order valence-electron chi connectivity index (χ1n) is 7.28. The van der Waals surface area contributed by atoms with Crippen molar-refractivity contribution in [3.8, 4) is 5.75 Å². The molecule has 1 atom stereocenters. The minimum Gasteiger partial charge on any atom is -0.496 e. The zero-order valence-electron chi connectivity index (χ0n) is 13.3. The monoisotopic (exact) mass is 303 g/mol. The van der Waals surface area contributed by atoms with Gasteiger partial charge >= 0.3 is 5.97 Å². The molecule has 0 saturated carbocycles. The van der Waals surface area contributed by atoms with E-state index in [1.54, 1.807) is 27.9 Å². The summed E-state index contributed by atoms with van der Waals surface area (Å²) in [6.45, 7) is 5.32. The average molecular weight is 303 g/mol. The molecule has 1 heterocycles. The smallest absolute Gasteiger partial charge is 0.336 e. The van der Waals surface area contributed by atoms with Gasteiger partial charge in [0.25, 0.3) is 0 Å². The largest absolute Gasteiger partial charge is 0.496 e. The van der Waals surface area contributed by atoms with E-state index in [-0.39, 0.29) is 24.3 Å². The Morgan fingerprint density at radius 2 is 2.00 bits per heavy atom. The molecule has 0 bridgehead atoms. The quantitative estimate of drug-likeness (QED) is 0.868. The Morgan fingerprint density at radius 3 is 2.64 bits per heavy atom. The Morgan fingerprint density at radius 1 is 1.32 bits per heavy atom. The van der Waals surface area contributed by atoms with E-state index in [2.05, 4.69) is 5.32 Å². The fourth-order valence-corrected chi connectivity index (χ4v) is 2.67. The highest BCUT2D eigenvalue weighted by molar-refractivity contribution is 5.96. The fourth-order valence-electron chi connectivity index (χ4n) is 2.67. The normalized spacial score (nSPS) is 18.2. The number of carbonyl (C=O) groups excluding carboxylic acids is 2. The molecule has 0 fully saturated rings. The molecule has 0 radical (unpaired) electrons. The topological polar surface area (TPSA) is 64.6 Å². The zero-order valence-corrected chi connectivity index (χ0v) is 13.3. The fraction of sp³-hybridized carbons (Fsp3) is 0.412. The summed E-state index contributed by atoms with van der Waals surface area (Å²) in [5.74, 6) is -0.223. The Kier molecular flexibility index (Phi) is 4.85. The van der Waals surface area contributed by atoms with Crippen LogP contribution in [0, 0.1) is 0 Å². The molecular formula is C17H21NO4. The van der Waals surface area contributed by atoms with Gasteiger partial charge in [-0.3, -0.25) is 4.79 Å². The van der Waals surface area contributed by atoms with Crippen LogP contribution in [0.15, 0.2) is 35.5 Å². The van der Waals surface area contributed by atoms with Crippen LogP contribution in [0.5, 0.6) is 5.75 Å². The van der Waals surface area contributed by atoms with Gasteiger partial charge in [0.2, 0.25) is 5.91 Å².